The lowest BCUT2D eigenvalue weighted by Crippen LogP contribution is -2.22. The van der Waals surface area contributed by atoms with Crippen molar-refractivity contribution in [3.63, 3.8) is 0 Å². The summed E-state index contributed by atoms with van der Waals surface area (Å²) in [6.07, 6.45) is 1.02. The number of nitrogens with zero attached hydrogens (tertiary/aromatic N) is 2. The van der Waals surface area contributed by atoms with Crippen LogP contribution in [-0.4, -0.2) is 16.7 Å². The van der Waals surface area contributed by atoms with E-state index in [0.717, 1.165) is 30.1 Å². The van der Waals surface area contributed by atoms with Gasteiger partial charge in [-0.1, -0.05) is 5.16 Å². The van der Waals surface area contributed by atoms with E-state index in [1.807, 2.05) is 19.4 Å². The van der Waals surface area contributed by atoms with Gasteiger partial charge in [0.05, 0.1) is 16.9 Å². The normalized spacial score (nSPS) is 12.9. The first kappa shape index (κ1) is 13.2. The lowest BCUT2D eigenvalue weighted by atomic mass is 10.1. The summed E-state index contributed by atoms with van der Waals surface area (Å²) in [6.45, 7) is 9.09. The number of nitrogens with one attached hydrogen (secondary N) is 1. The maximum atomic E-state index is 5.19. The van der Waals surface area contributed by atoms with Gasteiger partial charge in [-0.3, -0.25) is 0 Å². The molecule has 2 heterocycles. The summed E-state index contributed by atoms with van der Waals surface area (Å²) in [7, 11) is 0. The van der Waals surface area contributed by atoms with Gasteiger partial charge in [0, 0.05) is 23.0 Å². The van der Waals surface area contributed by atoms with Crippen LogP contribution in [0, 0.1) is 20.8 Å². The Morgan fingerprint density at radius 3 is 2.67 bits per heavy atom. The van der Waals surface area contributed by atoms with E-state index < -0.39 is 0 Å². The highest BCUT2D eigenvalue weighted by atomic mass is 32.1. The van der Waals surface area contributed by atoms with Gasteiger partial charge in [0.15, 0.2) is 0 Å². The molecule has 18 heavy (non-hydrogen) atoms. The minimum atomic E-state index is 0.268. The van der Waals surface area contributed by atoms with Crippen LogP contribution in [0.4, 0.5) is 0 Å². The third kappa shape index (κ3) is 2.79. The second-order valence-corrected chi connectivity index (χ2v) is 5.46. The predicted molar refractivity (Wildman–Crippen MR) is 72.9 cm³/mol. The molecule has 1 N–H and O–H groups in total. The van der Waals surface area contributed by atoms with E-state index in [2.05, 4.69) is 29.3 Å². The molecule has 0 aliphatic rings. The minimum Gasteiger partial charge on any atom is -0.361 e. The monoisotopic (exact) mass is 265 g/mol. The smallest absolute Gasteiger partial charge is 0.138 e. The summed E-state index contributed by atoms with van der Waals surface area (Å²) in [4.78, 5) is 5.61. The van der Waals surface area contributed by atoms with E-state index in [1.165, 1.54) is 10.4 Å². The maximum Gasteiger partial charge on any atom is 0.138 e. The Morgan fingerprint density at radius 1 is 1.33 bits per heavy atom. The van der Waals surface area contributed by atoms with Crippen molar-refractivity contribution >= 4 is 11.3 Å². The van der Waals surface area contributed by atoms with Gasteiger partial charge < -0.3 is 9.84 Å². The van der Waals surface area contributed by atoms with E-state index >= 15 is 0 Å². The minimum absolute atomic E-state index is 0.268. The van der Waals surface area contributed by atoms with Gasteiger partial charge in [0.25, 0.3) is 0 Å². The summed E-state index contributed by atoms with van der Waals surface area (Å²) >= 11 is 1.72. The molecule has 0 saturated carbocycles. The Morgan fingerprint density at radius 2 is 2.11 bits per heavy atom. The molecular weight excluding hydrogens is 246 g/mol. The molecule has 0 bridgehead atoms. The highest BCUT2D eigenvalue weighted by molar-refractivity contribution is 7.09. The van der Waals surface area contributed by atoms with Crippen LogP contribution >= 0.6 is 11.3 Å². The quantitative estimate of drug-likeness (QED) is 0.903. The molecule has 4 nitrogen and oxygen atoms in total. The first-order chi connectivity index (χ1) is 8.59. The average molecular weight is 265 g/mol. The first-order valence-corrected chi connectivity index (χ1v) is 7.02. The Kier molecular flexibility index (Phi) is 4.14. The standard InChI is InChI=1S/C13H19N3OS/c1-8-12(18-7-15-8)5-6-14-9(2)13-10(3)16-17-11(13)4/h7,9,14H,5-6H2,1-4H3. The van der Waals surface area contributed by atoms with Crippen molar-refractivity contribution < 1.29 is 4.52 Å². The summed E-state index contributed by atoms with van der Waals surface area (Å²) in [5, 5.41) is 7.50. The molecule has 2 rings (SSSR count). The zero-order chi connectivity index (χ0) is 13.1. The topological polar surface area (TPSA) is 51.0 Å². The van der Waals surface area contributed by atoms with Gasteiger partial charge in [-0.15, -0.1) is 11.3 Å². The molecule has 0 spiro atoms. The largest absolute Gasteiger partial charge is 0.361 e. The molecule has 5 heteroatoms. The first-order valence-electron chi connectivity index (χ1n) is 6.14. The van der Waals surface area contributed by atoms with Gasteiger partial charge in [-0.05, 0) is 34.1 Å². The zero-order valence-corrected chi connectivity index (χ0v) is 12.1. The lowest BCUT2D eigenvalue weighted by Gasteiger charge is -2.13. The van der Waals surface area contributed by atoms with Crippen molar-refractivity contribution in [3.05, 3.63) is 33.1 Å². The van der Waals surface area contributed by atoms with Gasteiger partial charge in [-0.2, -0.15) is 0 Å². The number of hydrogen-bond acceptors (Lipinski definition) is 5. The molecule has 0 aromatic carbocycles. The van der Waals surface area contributed by atoms with E-state index in [9.17, 15) is 0 Å². The third-order valence-corrected chi connectivity index (χ3v) is 4.16. The van der Waals surface area contributed by atoms with E-state index in [0.29, 0.717) is 0 Å². The Hall–Kier alpha value is -1.20. The van der Waals surface area contributed by atoms with E-state index in [1.54, 1.807) is 11.3 Å². The van der Waals surface area contributed by atoms with Crippen LogP contribution in [-0.2, 0) is 6.42 Å². The zero-order valence-electron chi connectivity index (χ0n) is 11.3. The fourth-order valence-corrected chi connectivity index (χ4v) is 2.96. The summed E-state index contributed by atoms with van der Waals surface area (Å²) in [5.41, 5.74) is 5.20. The molecule has 1 unspecified atom stereocenters. The molecule has 1 atom stereocenters. The third-order valence-electron chi connectivity index (χ3n) is 3.17. The van der Waals surface area contributed by atoms with Gasteiger partial charge >= 0.3 is 0 Å². The van der Waals surface area contributed by atoms with Crippen LogP contribution in [0.1, 0.15) is 40.6 Å². The van der Waals surface area contributed by atoms with Gasteiger partial charge in [-0.25, -0.2) is 4.98 Å². The lowest BCUT2D eigenvalue weighted by molar-refractivity contribution is 0.390. The molecule has 2 aromatic heterocycles. The molecule has 0 aliphatic carbocycles. The predicted octanol–water partition coefficient (Wildman–Crippen LogP) is 2.95. The second kappa shape index (κ2) is 5.63. The fraction of sp³-hybridized carbons (Fsp3) is 0.538. The summed E-state index contributed by atoms with van der Waals surface area (Å²) in [5.74, 6) is 0.904. The van der Waals surface area contributed by atoms with Crippen LogP contribution in [0.3, 0.4) is 0 Å². The average Bonchev–Trinajstić information content (AvgIpc) is 2.86. The Balaban J connectivity index is 1.89. The van der Waals surface area contributed by atoms with Crippen LogP contribution < -0.4 is 5.32 Å². The fourth-order valence-electron chi connectivity index (χ4n) is 2.18. The van der Waals surface area contributed by atoms with Crippen LogP contribution in [0.5, 0.6) is 0 Å². The Bertz CT molecular complexity index is 499. The van der Waals surface area contributed by atoms with Crippen LogP contribution in [0.15, 0.2) is 10.0 Å². The number of aromatic nitrogens is 2. The number of rotatable bonds is 5. The number of thiazole rings is 1. The van der Waals surface area contributed by atoms with Crippen molar-refractivity contribution in [2.75, 3.05) is 6.54 Å². The molecule has 0 aliphatic heterocycles. The van der Waals surface area contributed by atoms with Crippen LogP contribution in [0.25, 0.3) is 0 Å². The number of hydrogen-bond donors (Lipinski definition) is 1. The van der Waals surface area contributed by atoms with Crippen molar-refractivity contribution in [2.24, 2.45) is 0 Å². The van der Waals surface area contributed by atoms with Crippen molar-refractivity contribution in [1.29, 1.82) is 0 Å². The molecule has 2 aromatic rings. The highest BCUT2D eigenvalue weighted by Crippen LogP contribution is 2.21. The molecular formula is C13H19N3OS. The van der Waals surface area contributed by atoms with Gasteiger partial charge in [0.2, 0.25) is 0 Å². The molecule has 0 fully saturated rings. The van der Waals surface area contributed by atoms with Crippen molar-refractivity contribution in [1.82, 2.24) is 15.5 Å². The molecule has 98 valence electrons. The van der Waals surface area contributed by atoms with Crippen LogP contribution in [0.2, 0.25) is 0 Å². The Labute approximate surface area is 111 Å². The maximum absolute atomic E-state index is 5.19. The van der Waals surface area contributed by atoms with E-state index in [-0.39, 0.29) is 6.04 Å². The van der Waals surface area contributed by atoms with E-state index in [4.69, 9.17) is 4.52 Å². The SMILES string of the molecule is Cc1ncsc1CCNC(C)c1c(C)noc1C. The van der Waals surface area contributed by atoms with Crippen molar-refractivity contribution in [3.8, 4) is 0 Å². The second-order valence-electron chi connectivity index (χ2n) is 4.52. The highest BCUT2D eigenvalue weighted by Gasteiger charge is 2.15. The molecule has 0 radical (unpaired) electrons. The van der Waals surface area contributed by atoms with Crippen molar-refractivity contribution in [2.45, 2.75) is 40.2 Å². The molecule has 0 saturated heterocycles. The van der Waals surface area contributed by atoms with Gasteiger partial charge in [0.1, 0.15) is 5.76 Å². The number of aryl methyl sites for hydroxylation is 3. The summed E-state index contributed by atoms with van der Waals surface area (Å²) in [6, 6.07) is 0.268. The summed E-state index contributed by atoms with van der Waals surface area (Å²) < 4.78 is 5.19. The molecule has 0 amide bonds.